The lowest BCUT2D eigenvalue weighted by Gasteiger charge is -2.39. The maximum Gasteiger partial charge on any atom is 0.233 e. The smallest absolute Gasteiger partial charge is 0.233 e. The highest BCUT2D eigenvalue weighted by molar-refractivity contribution is 8.01. The van der Waals surface area contributed by atoms with Crippen molar-refractivity contribution in [3.63, 3.8) is 0 Å². The van der Waals surface area contributed by atoms with E-state index >= 15 is 0 Å². The topological polar surface area (TPSA) is 38.1 Å². The second kappa shape index (κ2) is 7.97. The number of nitrogens with zero attached hydrogens (tertiary/aromatic N) is 3. The Morgan fingerprint density at radius 3 is 2.60 bits per heavy atom. The molecule has 1 amide bonds. The van der Waals surface area contributed by atoms with Crippen LogP contribution >= 0.6 is 35.3 Å². The first-order chi connectivity index (χ1) is 12.0. The first kappa shape index (κ1) is 18.5. The molecule has 2 heterocycles. The summed E-state index contributed by atoms with van der Waals surface area (Å²) >= 11 is 8.13. The predicted molar refractivity (Wildman–Crippen MR) is 103 cm³/mol. The number of hydrogen-bond acceptors (Lipinski definition) is 5. The van der Waals surface area contributed by atoms with Gasteiger partial charge in [-0.1, -0.05) is 23.1 Å². The summed E-state index contributed by atoms with van der Waals surface area (Å²) in [5.74, 6) is 0.218. The Morgan fingerprint density at radius 1 is 1.32 bits per heavy atom. The summed E-state index contributed by atoms with van der Waals surface area (Å²) < 4.78 is 16.0. The molecule has 1 aromatic carbocycles. The number of benzene rings is 1. The van der Waals surface area contributed by atoms with Crippen molar-refractivity contribution in [3.05, 3.63) is 34.0 Å². The molecule has 0 spiro atoms. The van der Waals surface area contributed by atoms with Gasteiger partial charge in [-0.3, -0.25) is 4.79 Å². The van der Waals surface area contributed by atoms with Crippen LogP contribution in [0.15, 0.2) is 28.6 Å². The Kier molecular flexibility index (Phi) is 5.91. The van der Waals surface area contributed by atoms with Gasteiger partial charge >= 0.3 is 0 Å². The van der Waals surface area contributed by atoms with Crippen molar-refractivity contribution in [2.24, 2.45) is 0 Å². The molecule has 3 rings (SSSR count). The van der Waals surface area contributed by atoms with Gasteiger partial charge in [-0.25, -0.2) is 9.07 Å². The Balaban J connectivity index is 1.68. The summed E-state index contributed by atoms with van der Waals surface area (Å²) in [5.41, 5.74) is 0.721. The molecular weight excluding hydrogens is 377 g/mol. The fourth-order valence-electron chi connectivity index (χ4n) is 3.18. The lowest BCUT2D eigenvalue weighted by Crippen LogP contribution is -2.48. The summed E-state index contributed by atoms with van der Waals surface area (Å²) in [7, 11) is 0. The van der Waals surface area contributed by atoms with E-state index in [1.54, 1.807) is 16.8 Å². The number of piperidine rings is 1. The predicted octanol–water partition coefficient (Wildman–Crippen LogP) is 4.68. The monoisotopic (exact) mass is 397 g/mol. The van der Waals surface area contributed by atoms with Crippen molar-refractivity contribution in [2.45, 2.75) is 49.5 Å². The largest absolute Gasteiger partial charge is 0.337 e. The van der Waals surface area contributed by atoms with Crippen LogP contribution < -0.4 is 0 Å². The molecule has 1 aliphatic heterocycles. The third kappa shape index (κ3) is 4.30. The van der Waals surface area contributed by atoms with Crippen molar-refractivity contribution in [1.82, 2.24) is 14.7 Å². The van der Waals surface area contributed by atoms with E-state index in [9.17, 15) is 9.18 Å². The van der Waals surface area contributed by atoms with E-state index in [4.69, 9.17) is 12.2 Å². The minimum atomic E-state index is -0.296. The molecule has 1 saturated heterocycles. The van der Waals surface area contributed by atoms with Gasteiger partial charge in [-0.15, -0.1) is 5.10 Å². The standard InChI is InChI=1S/C17H20FN3OS3/c1-11-4-3-5-12(2)20(11)15(22)10-24-16-19-21(17(23)25-16)14-8-6-13(18)7-9-14/h6-9,11-12H,3-5,10H2,1-2H3/t11-,12-/m1/s1. The molecule has 0 aliphatic carbocycles. The van der Waals surface area contributed by atoms with Crippen molar-refractivity contribution in [1.29, 1.82) is 0 Å². The number of aromatic nitrogens is 2. The van der Waals surface area contributed by atoms with E-state index in [0.29, 0.717) is 21.8 Å². The number of hydrogen-bond donors (Lipinski definition) is 0. The zero-order valence-electron chi connectivity index (χ0n) is 14.1. The van der Waals surface area contributed by atoms with Crippen LogP contribution in [0.25, 0.3) is 5.69 Å². The molecule has 0 bridgehead atoms. The Hall–Kier alpha value is -1.25. The third-order valence-corrected chi connectivity index (χ3v) is 6.75. The average molecular weight is 398 g/mol. The molecule has 0 saturated carbocycles. The molecule has 8 heteroatoms. The highest BCUT2D eigenvalue weighted by atomic mass is 32.2. The van der Waals surface area contributed by atoms with Crippen LogP contribution in [0.3, 0.4) is 0 Å². The fourth-order valence-corrected chi connectivity index (χ4v) is 5.41. The van der Waals surface area contributed by atoms with Crippen LogP contribution in [0.4, 0.5) is 4.39 Å². The first-order valence-electron chi connectivity index (χ1n) is 8.26. The van der Waals surface area contributed by atoms with Gasteiger partial charge in [0.15, 0.2) is 8.29 Å². The molecule has 134 valence electrons. The molecule has 1 aliphatic rings. The lowest BCUT2D eigenvalue weighted by atomic mass is 9.98. The van der Waals surface area contributed by atoms with E-state index in [2.05, 4.69) is 18.9 Å². The first-order valence-corrected chi connectivity index (χ1v) is 10.5. The molecule has 0 radical (unpaired) electrons. The van der Waals surface area contributed by atoms with Crippen molar-refractivity contribution in [2.75, 3.05) is 5.75 Å². The fraction of sp³-hybridized carbons (Fsp3) is 0.471. The zero-order valence-corrected chi connectivity index (χ0v) is 16.6. The molecule has 2 atom stereocenters. The second-order valence-electron chi connectivity index (χ2n) is 6.24. The summed E-state index contributed by atoms with van der Waals surface area (Å²) in [6, 6.07) is 6.64. The molecule has 1 aromatic heterocycles. The quantitative estimate of drug-likeness (QED) is 0.554. The van der Waals surface area contributed by atoms with E-state index in [-0.39, 0.29) is 11.7 Å². The maximum atomic E-state index is 13.1. The van der Waals surface area contributed by atoms with Gasteiger partial charge in [-0.05, 0) is 69.6 Å². The minimum Gasteiger partial charge on any atom is -0.337 e. The molecule has 25 heavy (non-hydrogen) atoms. The second-order valence-corrected chi connectivity index (χ2v) is 9.09. The number of carbonyl (C=O) groups is 1. The number of rotatable bonds is 4. The van der Waals surface area contributed by atoms with Crippen LogP contribution in [-0.2, 0) is 4.79 Å². The Labute approximate surface area is 160 Å². The number of thioether (sulfide) groups is 1. The number of carbonyl (C=O) groups excluding carboxylic acids is 1. The van der Waals surface area contributed by atoms with Crippen molar-refractivity contribution in [3.8, 4) is 5.69 Å². The van der Waals surface area contributed by atoms with Gasteiger partial charge in [0.2, 0.25) is 5.91 Å². The summed E-state index contributed by atoms with van der Waals surface area (Å²) in [4.78, 5) is 14.6. The number of amides is 1. The highest BCUT2D eigenvalue weighted by Crippen LogP contribution is 2.27. The molecule has 0 N–H and O–H groups in total. The van der Waals surface area contributed by atoms with Gasteiger partial charge in [0.25, 0.3) is 0 Å². The lowest BCUT2D eigenvalue weighted by molar-refractivity contribution is -0.134. The zero-order chi connectivity index (χ0) is 18.0. The van der Waals surface area contributed by atoms with Crippen LogP contribution in [-0.4, -0.2) is 38.4 Å². The normalized spacial score (nSPS) is 20.7. The average Bonchev–Trinajstić information content (AvgIpc) is 2.94. The van der Waals surface area contributed by atoms with Crippen LogP contribution in [0.1, 0.15) is 33.1 Å². The third-order valence-electron chi connectivity index (χ3n) is 4.40. The highest BCUT2D eigenvalue weighted by Gasteiger charge is 2.28. The number of likely N-dealkylation sites (tertiary alicyclic amines) is 1. The van der Waals surface area contributed by atoms with Crippen LogP contribution in [0.2, 0.25) is 0 Å². The van der Waals surface area contributed by atoms with Gasteiger partial charge in [0.05, 0.1) is 11.4 Å². The number of halogens is 1. The molecule has 0 unspecified atom stereocenters. The Morgan fingerprint density at radius 2 is 1.96 bits per heavy atom. The van der Waals surface area contributed by atoms with Crippen molar-refractivity contribution >= 4 is 41.2 Å². The molecule has 4 nitrogen and oxygen atoms in total. The van der Waals surface area contributed by atoms with Crippen molar-refractivity contribution < 1.29 is 9.18 Å². The minimum absolute atomic E-state index is 0.152. The SMILES string of the molecule is C[C@@H]1CCC[C@@H](C)N1C(=O)CSc1nn(-c2ccc(F)cc2)c(=S)s1. The van der Waals surface area contributed by atoms with E-state index < -0.39 is 0 Å². The molecule has 1 fully saturated rings. The summed E-state index contributed by atoms with van der Waals surface area (Å²) in [6.07, 6.45) is 3.32. The maximum absolute atomic E-state index is 13.1. The van der Waals surface area contributed by atoms with Crippen LogP contribution in [0, 0.1) is 9.77 Å². The van der Waals surface area contributed by atoms with Gasteiger partial charge in [0.1, 0.15) is 5.82 Å². The molecular formula is C17H20FN3OS3. The van der Waals surface area contributed by atoms with E-state index in [0.717, 1.165) is 22.9 Å². The van der Waals surface area contributed by atoms with Crippen LogP contribution in [0.5, 0.6) is 0 Å². The van der Waals surface area contributed by atoms with E-state index in [1.165, 1.54) is 41.7 Å². The Bertz CT molecular complexity index is 792. The van der Waals surface area contributed by atoms with Gasteiger partial charge < -0.3 is 4.90 Å². The van der Waals surface area contributed by atoms with E-state index in [1.807, 2.05) is 4.90 Å². The summed E-state index contributed by atoms with van der Waals surface area (Å²) in [5, 5.41) is 4.47. The van der Waals surface area contributed by atoms with Gasteiger partial charge in [-0.2, -0.15) is 0 Å². The van der Waals surface area contributed by atoms with Gasteiger partial charge in [0, 0.05) is 12.1 Å². The summed E-state index contributed by atoms with van der Waals surface area (Å²) in [6.45, 7) is 4.23. The molecule has 2 aromatic rings.